The van der Waals surface area contributed by atoms with E-state index in [0.29, 0.717) is 29.7 Å². The van der Waals surface area contributed by atoms with Crippen LogP contribution in [0.4, 0.5) is 5.69 Å². The number of hydrogen-bond donors (Lipinski definition) is 1. The van der Waals surface area contributed by atoms with Gasteiger partial charge in [-0.15, -0.1) is 0 Å². The van der Waals surface area contributed by atoms with Gasteiger partial charge < -0.3 is 9.88 Å². The highest BCUT2D eigenvalue weighted by Crippen LogP contribution is 2.57. The Balaban J connectivity index is 0.891. The predicted molar refractivity (Wildman–Crippen MR) is 224 cm³/mol. The number of nitrogens with zero attached hydrogens (tertiary/aromatic N) is 1. The quantitative estimate of drug-likeness (QED) is 0.205. The van der Waals surface area contributed by atoms with E-state index in [-0.39, 0.29) is 5.41 Å². The molecule has 0 saturated heterocycles. The normalized spacial score (nSPS) is 26.2. The summed E-state index contributed by atoms with van der Waals surface area (Å²) in [6.07, 6.45) is 39.2. The number of aromatic nitrogens is 1. The SMILES string of the molecule is CCC1(CC)c2cc(/C=C/C3C=Cc4[nH]c5ccccc5c4C3)ccc2C2C=CC(/C=C/C3=CC4C5=C(C=CCC5)N(c5ccccc5)C4C=C3)=CC21. The summed E-state index contributed by atoms with van der Waals surface area (Å²) >= 11 is 0. The molecule has 0 fully saturated rings. The molecule has 53 heavy (non-hydrogen) atoms. The predicted octanol–water partition coefficient (Wildman–Crippen LogP) is 12.5. The maximum absolute atomic E-state index is 3.60. The molecule has 5 unspecified atom stereocenters. The van der Waals surface area contributed by atoms with Crippen molar-refractivity contribution in [3.8, 4) is 0 Å². The molecule has 262 valence electrons. The second-order valence-corrected chi connectivity index (χ2v) is 15.9. The summed E-state index contributed by atoms with van der Waals surface area (Å²) in [4.78, 5) is 6.15. The van der Waals surface area contributed by atoms with Crippen LogP contribution >= 0.6 is 0 Å². The number of benzene rings is 3. The summed E-state index contributed by atoms with van der Waals surface area (Å²) in [5.74, 6) is 1.72. The van der Waals surface area contributed by atoms with Gasteiger partial charge in [-0.25, -0.2) is 0 Å². The topological polar surface area (TPSA) is 19.0 Å². The van der Waals surface area contributed by atoms with E-state index in [2.05, 4.69) is 182 Å². The van der Waals surface area contributed by atoms with Crippen molar-refractivity contribution in [2.24, 2.45) is 17.8 Å². The van der Waals surface area contributed by atoms with Crippen molar-refractivity contribution in [1.82, 2.24) is 4.98 Å². The molecule has 5 aliphatic carbocycles. The number of fused-ring (bicyclic) bond motifs is 8. The minimum Gasteiger partial charge on any atom is -0.355 e. The number of hydrogen-bond acceptors (Lipinski definition) is 1. The standard InChI is InChI=1S/C51H48N2/c1-3-51(4-2)45-32-36(20-18-34-24-28-48-43(30-34)41-14-8-10-16-47(41)52-48)22-26-39(45)40-27-23-37(33-46(40)51)21-19-35-25-29-50-44(31-35)42-15-9-11-17-49(42)53(50)38-12-6-5-7-13-38/h5-8,10-14,16-29,31-34,40,44,46,50,52H,3-4,9,15,30H2,1-2H3/b20-18+,21-19+. The van der Waals surface area contributed by atoms with Crippen LogP contribution < -0.4 is 4.90 Å². The first-order valence-electron chi connectivity index (χ1n) is 20.0. The summed E-state index contributed by atoms with van der Waals surface area (Å²) in [6.45, 7) is 4.81. The van der Waals surface area contributed by atoms with Crippen molar-refractivity contribution in [1.29, 1.82) is 0 Å². The van der Waals surface area contributed by atoms with E-state index >= 15 is 0 Å². The maximum Gasteiger partial charge on any atom is 0.0626 e. The third-order valence-electron chi connectivity index (χ3n) is 13.3. The monoisotopic (exact) mass is 688 g/mol. The Morgan fingerprint density at radius 3 is 2.47 bits per heavy atom. The van der Waals surface area contributed by atoms with Crippen molar-refractivity contribution in [3.05, 3.63) is 196 Å². The summed E-state index contributed by atoms with van der Waals surface area (Å²) in [5, 5.41) is 1.36. The zero-order chi connectivity index (χ0) is 35.5. The molecular formula is C51H48N2. The highest BCUT2D eigenvalue weighted by molar-refractivity contribution is 5.88. The number of rotatable bonds is 7. The van der Waals surface area contributed by atoms with Crippen LogP contribution in [0.15, 0.2) is 168 Å². The van der Waals surface area contributed by atoms with E-state index in [9.17, 15) is 0 Å². The van der Waals surface area contributed by atoms with E-state index in [0.717, 1.165) is 32.1 Å². The van der Waals surface area contributed by atoms with Crippen LogP contribution in [0.3, 0.4) is 0 Å². The molecule has 1 aliphatic heterocycles. The molecule has 0 amide bonds. The summed E-state index contributed by atoms with van der Waals surface area (Å²) in [6, 6.07) is 27.3. The van der Waals surface area contributed by atoms with Gasteiger partial charge in [0.15, 0.2) is 0 Å². The molecule has 0 saturated carbocycles. The molecule has 2 heteroatoms. The maximum atomic E-state index is 3.60. The highest BCUT2D eigenvalue weighted by Gasteiger charge is 2.49. The molecule has 6 aliphatic rings. The first-order valence-corrected chi connectivity index (χ1v) is 20.0. The van der Waals surface area contributed by atoms with Gasteiger partial charge >= 0.3 is 0 Å². The second-order valence-electron chi connectivity index (χ2n) is 15.9. The lowest BCUT2D eigenvalue weighted by atomic mass is 9.67. The van der Waals surface area contributed by atoms with Crippen LogP contribution in [0, 0.1) is 17.8 Å². The molecule has 1 aromatic heterocycles. The van der Waals surface area contributed by atoms with Crippen molar-refractivity contribution in [2.75, 3.05) is 4.90 Å². The zero-order valence-electron chi connectivity index (χ0n) is 30.9. The average Bonchev–Trinajstić information content (AvgIpc) is 3.84. The molecule has 2 nitrogen and oxygen atoms in total. The first kappa shape index (κ1) is 32.3. The smallest absolute Gasteiger partial charge is 0.0626 e. The van der Waals surface area contributed by atoms with Crippen LogP contribution in [0.2, 0.25) is 0 Å². The number of nitrogens with one attached hydrogen (secondary N) is 1. The number of H-pyrrole nitrogens is 1. The van der Waals surface area contributed by atoms with Gasteiger partial charge in [0.2, 0.25) is 0 Å². The lowest BCUT2D eigenvalue weighted by Gasteiger charge is -2.36. The number of anilines is 1. The lowest BCUT2D eigenvalue weighted by Crippen LogP contribution is -2.32. The molecule has 2 heterocycles. The highest BCUT2D eigenvalue weighted by atomic mass is 15.2. The van der Waals surface area contributed by atoms with Crippen LogP contribution in [0.1, 0.15) is 73.4 Å². The van der Waals surface area contributed by atoms with Gasteiger partial charge in [0.1, 0.15) is 0 Å². The Morgan fingerprint density at radius 1 is 0.792 bits per heavy atom. The van der Waals surface area contributed by atoms with Gasteiger partial charge in [-0.2, -0.15) is 0 Å². The molecule has 3 aromatic carbocycles. The van der Waals surface area contributed by atoms with Gasteiger partial charge in [-0.05, 0) is 113 Å². The van der Waals surface area contributed by atoms with Gasteiger partial charge in [0.25, 0.3) is 0 Å². The molecule has 4 aromatic rings. The van der Waals surface area contributed by atoms with Gasteiger partial charge in [0, 0.05) is 45.2 Å². The first-order chi connectivity index (χ1) is 26.1. The Hall–Kier alpha value is -5.34. The van der Waals surface area contributed by atoms with Gasteiger partial charge in [-0.1, -0.05) is 141 Å². The lowest BCUT2D eigenvalue weighted by molar-refractivity contribution is 0.304. The average molecular weight is 689 g/mol. The Bertz CT molecular complexity index is 2380. The fourth-order valence-electron chi connectivity index (χ4n) is 10.6. The second kappa shape index (κ2) is 13.0. The van der Waals surface area contributed by atoms with Crippen LogP contribution in [0.5, 0.6) is 0 Å². The molecule has 0 radical (unpaired) electrons. The fraction of sp³-hybridized carbons (Fsp3) is 0.255. The minimum atomic E-state index is 0.136. The van der Waals surface area contributed by atoms with Crippen LogP contribution in [-0.2, 0) is 11.8 Å². The Kier molecular flexibility index (Phi) is 7.90. The van der Waals surface area contributed by atoms with E-state index in [1.807, 2.05) is 0 Å². The number of aromatic amines is 1. The van der Waals surface area contributed by atoms with Gasteiger partial charge in [-0.3, -0.25) is 0 Å². The zero-order valence-corrected chi connectivity index (χ0v) is 30.9. The van der Waals surface area contributed by atoms with Crippen molar-refractivity contribution < 1.29 is 0 Å². The van der Waals surface area contributed by atoms with Crippen molar-refractivity contribution in [3.63, 3.8) is 0 Å². The van der Waals surface area contributed by atoms with Crippen LogP contribution in [-0.4, -0.2) is 11.0 Å². The van der Waals surface area contributed by atoms with Crippen molar-refractivity contribution in [2.45, 2.75) is 63.3 Å². The van der Waals surface area contributed by atoms with E-state index in [1.54, 1.807) is 11.1 Å². The summed E-state index contributed by atoms with van der Waals surface area (Å²) in [5.41, 5.74) is 15.4. The van der Waals surface area contributed by atoms with Crippen LogP contribution in [0.25, 0.3) is 23.1 Å². The van der Waals surface area contributed by atoms with Crippen molar-refractivity contribution >= 4 is 28.7 Å². The molecule has 5 atom stereocenters. The van der Waals surface area contributed by atoms with E-state index in [4.69, 9.17) is 0 Å². The molecule has 0 spiro atoms. The summed E-state index contributed by atoms with van der Waals surface area (Å²) < 4.78 is 0. The fourth-order valence-corrected chi connectivity index (χ4v) is 10.6. The minimum absolute atomic E-state index is 0.136. The molecule has 1 N–H and O–H groups in total. The van der Waals surface area contributed by atoms with E-state index in [1.165, 1.54) is 55.8 Å². The molecular weight excluding hydrogens is 641 g/mol. The number of para-hydroxylation sites is 2. The Labute approximate surface area is 314 Å². The molecule has 0 bridgehead atoms. The Morgan fingerprint density at radius 2 is 1.60 bits per heavy atom. The third-order valence-corrected chi connectivity index (χ3v) is 13.3. The van der Waals surface area contributed by atoms with E-state index < -0.39 is 0 Å². The largest absolute Gasteiger partial charge is 0.355 e. The summed E-state index contributed by atoms with van der Waals surface area (Å²) in [7, 11) is 0. The molecule has 10 rings (SSSR count). The van der Waals surface area contributed by atoms with Gasteiger partial charge in [0.05, 0.1) is 6.04 Å². The third kappa shape index (κ3) is 5.29. The number of allylic oxidation sites excluding steroid dienone is 12.